The van der Waals surface area contributed by atoms with Crippen LogP contribution in [0.15, 0.2) is 18.2 Å². The highest BCUT2D eigenvalue weighted by Gasteiger charge is 2.68. The zero-order valence-electron chi connectivity index (χ0n) is 20.1. The fourth-order valence-electron chi connectivity index (χ4n) is 8.50. The average Bonchev–Trinajstić information content (AvgIpc) is 3.00. The third-order valence-corrected chi connectivity index (χ3v) is 10.9. The fourth-order valence-corrected chi connectivity index (χ4v) is 8.50. The number of hydrogen-bond acceptors (Lipinski definition) is 3. The van der Waals surface area contributed by atoms with Crippen molar-refractivity contribution in [3.05, 3.63) is 29.3 Å². The summed E-state index contributed by atoms with van der Waals surface area (Å²) in [5.41, 5.74) is -0.0292. The number of benzene rings is 1. The van der Waals surface area contributed by atoms with Gasteiger partial charge in [0.15, 0.2) is 0 Å². The molecule has 0 bridgehead atoms. The number of phenols is 1. The van der Waals surface area contributed by atoms with Gasteiger partial charge in [-0.1, -0.05) is 27.7 Å². The Morgan fingerprint density at radius 2 is 1.62 bits per heavy atom. The first-order valence-corrected chi connectivity index (χ1v) is 12.1. The monoisotopic (exact) mass is 442 g/mol. The van der Waals surface area contributed by atoms with E-state index in [1.807, 2.05) is 6.92 Å². The molecule has 1 aromatic rings. The number of carboxylic acid groups (broad SMARTS) is 2. The van der Waals surface area contributed by atoms with Crippen LogP contribution in [0, 0.1) is 39.4 Å². The molecule has 0 saturated heterocycles. The van der Waals surface area contributed by atoms with Crippen molar-refractivity contribution in [1.82, 2.24) is 0 Å². The van der Waals surface area contributed by atoms with E-state index in [1.54, 1.807) is 6.07 Å². The Labute approximate surface area is 191 Å². The topological polar surface area (TPSA) is 94.8 Å². The van der Waals surface area contributed by atoms with Crippen molar-refractivity contribution in [2.24, 2.45) is 39.4 Å². The summed E-state index contributed by atoms with van der Waals surface area (Å²) in [5, 5.41) is 30.1. The van der Waals surface area contributed by atoms with Gasteiger partial charge in [-0.2, -0.15) is 0 Å². The molecule has 0 spiro atoms. The number of phenolic OH excluding ortho intramolecular Hbond substituents is 1. The second kappa shape index (κ2) is 7.23. The van der Waals surface area contributed by atoms with Gasteiger partial charge >= 0.3 is 11.9 Å². The van der Waals surface area contributed by atoms with Gasteiger partial charge in [-0.15, -0.1) is 0 Å². The van der Waals surface area contributed by atoms with Crippen LogP contribution >= 0.6 is 0 Å². The molecule has 3 saturated carbocycles. The SMILES string of the molecule is CC1CCC2(C)C(CCC3(C)C2CCC3(C)C(=O)O)C1(C)Cc1cc(C(=O)O)ccc1O. The summed E-state index contributed by atoms with van der Waals surface area (Å²) in [6.45, 7) is 11.2. The first-order valence-electron chi connectivity index (χ1n) is 12.1. The lowest BCUT2D eigenvalue weighted by molar-refractivity contribution is -0.179. The van der Waals surface area contributed by atoms with Gasteiger partial charge < -0.3 is 15.3 Å². The van der Waals surface area contributed by atoms with Crippen molar-refractivity contribution in [3.8, 4) is 5.75 Å². The van der Waals surface area contributed by atoms with E-state index in [9.17, 15) is 24.9 Å². The molecule has 0 heterocycles. The highest BCUT2D eigenvalue weighted by atomic mass is 16.4. The molecule has 3 fully saturated rings. The summed E-state index contributed by atoms with van der Waals surface area (Å²) in [6, 6.07) is 4.59. The lowest BCUT2D eigenvalue weighted by Gasteiger charge is -2.65. The molecular weight excluding hydrogens is 404 g/mol. The maximum atomic E-state index is 12.3. The molecule has 0 aliphatic heterocycles. The van der Waals surface area contributed by atoms with Crippen molar-refractivity contribution in [2.45, 2.75) is 79.6 Å². The number of fused-ring (bicyclic) bond motifs is 3. The van der Waals surface area contributed by atoms with Crippen LogP contribution < -0.4 is 0 Å². The van der Waals surface area contributed by atoms with E-state index in [-0.39, 0.29) is 27.6 Å². The molecule has 7 atom stereocenters. The predicted octanol–water partition coefficient (Wildman–Crippen LogP) is 5.99. The number of carboxylic acids is 2. The van der Waals surface area contributed by atoms with E-state index >= 15 is 0 Å². The van der Waals surface area contributed by atoms with Crippen LogP contribution in [-0.4, -0.2) is 27.3 Å². The second-order valence-corrected chi connectivity index (χ2v) is 12.0. The standard InChI is InChI=1S/C27H38O5/c1-16-8-11-24(2)20(9-12-26(4)21(24)10-13-27(26,5)23(31)32)25(16,3)15-18-14-17(22(29)30)6-7-19(18)28/h6-7,14,16,20-21,28H,8-13,15H2,1-5H3,(H,29,30)(H,31,32). The van der Waals surface area contributed by atoms with Crippen LogP contribution in [0.2, 0.25) is 0 Å². The van der Waals surface area contributed by atoms with Crippen LogP contribution in [0.5, 0.6) is 5.75 Å². The molecule has 1 aromatic carbocycles. The van der Waals surface area contributed by atoms with E-state index in [0.29, 0.717) is 29.7 Å². The highest BCUT2D eigenvalue weighted by Crippen LogP contribution is 2.73. The predicted molar refractivity (Wildman–Crippen MR) is 123 cm³/mol. The van der Waals surface area contributed by atoms with Gasteiger partial charge in [0.25, 0.3) is 0 Å². The molecule has 5 nitrogen and oxygen atoms in total. The minimum Gasteiger partial charge on any atom is -0.508 e. The van der Waals surface area contributed by atoms with Gasteiger partial charge in [0.2, 0.25) is 0 Å². The molecule has 3 aliphatic carbocycles. The molecule has 32 heavy (non-hydrogen) atoms. The first kappa shape index (κ1) is 23.1. The number of aromatic carboxylic acids is 1. The fraction of sp³-hybridized carbons (Fsp3) is 0.704. The summed E-state index contributed by atoms with van der Waals surface area (Å²) in [7, 11) is 0. The summed E-state index contributed by atoms with van der Waals surface area (Å²) in [5.74, 6) is -0.278. The molecule has 3 N–H and O–H groups in total. The molecule has 176 valence electrons. The summed E-state index contributed by atoms with van der Waals surface area (Å²) in [6.07, 6.45) is 6.39. The minimum atomic E-state index is -0.981. The van der Waals surface area contributed by atoms with Crippen molar-refractivity contribution in [3.63, 3.8) is 0 Å². The van der Waals surface area contributed by atoms with Gasteiger partial charge in [-0.25, -0.2) is 4.79 Å². The molecular formula is C27H38O5. The Kier molecular flexibility index (Phi) is 5.23. The maximum absolute atomic E-state index is 12.3. The number of hydrogen-bond donors (Lipinski definition) is 3. The zero-order valence-corrected chi connectivity index (χ0v) is 20.1. The summed E-state index contributed by atoms with van der Waals surface area (Å²) < 4.78 is 0. The van der Waals surface area contributed by atoms with Crippen LogP contribution in [-0.2, 0) is 11.2 Å². The smallest absolute Gasteiger partial charge is 0.335 e. The van der Waals surface area contributed by atoms with Crippen molar-refractivity contribution >= 4 is 11.9 Å². The van der Waals surface area contributed by atoms with E-state index < -0.39 is 17.4 Å². The number of aliphatic carboxylic acids is 1. The maximum Gasteiger partial charge on any atom is 0.335 e. The lowest BCUT2D eigenvalue weighted by Crippen LogP contribution is -2.59. The molecule has 0 aromatic heterocycles. The zero-order chi connectivity index (χ0) is 23.7. The third kappa shape index (κ3) is 2.95. The highest BCUT2D eigenvalue weighted by molar-refractivity contribution is 5.88. The average molecular weight is 443 g/mol. The van der Waals surface area contributed by atoms with Crippen molar-refractivity contribution < 1.29 is 24.9 Å². The van der Waals surface area contributed by atoms with Gasteiger partial charge in [0, 0.05) is 0 Å². The van der Waals surface area contributed by atoms with Crippen molar-refractivity contribution in [1.29, 1.82) is 0 Å². The van der Waals surface area contributed by atoms with Gasteiger partial charge in [-0.3, -0.25) is 4.79 Å². The van der Waals surface area contributed by atoms with Crippen LogP contribution in [0.3, 0.4) is 0 Å². The Balaban J connectivity index is 1.73. The summed E-state index contributed by atoms with van der Waals surface area (Å²) in [4.78, 5) is 23.8. The summed E-state index contributed by atoms with van der Waals surface area (Å²) >= 11 is 0. The Hall–Kier alpha value is -2.04. The second-order valence-electron chi connectivity index (χ2n) is 12.0. The molecule has 0 amide bonds. The van der Waals surface area contributed by atoms with E-state index in [0.717, 1.165) is 38.5 Å². The third-order valence-electron chi connectivity index (χ3n) is 10.9. The molecule has 3 aliphatic rings. The Morgan fingerprint density at radius 3 is 2.25 bits per heavy atom. The van der Waals surface area contributed by atoms with Crippen LogP contribution in [0.25, 0.3) is 0 Å². The van der Waals surface area contributed by atoms with Crippen LogP contribution in [0.4, 0.5) is 0 Å². The van der Waals surface area contributed by atoms with Crippen LogP contribution in [0.1, 0.15) is 89.1 Å². The first-order chi connectivity index (χ1) is 14.8. The number of aromatic hydroxyl groups is 1. The van der Waals surface area contributed by atoms with E-state index in [2.05, 4.69) is 27.7 Å². The normalized spacial score (nSPS) is 43.3. The lowest BCUT2D eigenvalue weighted by atomic mass is 9.39. The largest absolute Gasteiger partial charge is 0.508 e. The molecule has 0 radical (unpaired) electrons. The Morgan fingerprint density at radius 1 is 0.969 bits per heavy atom. The van der Waals surface area contributed by atoms with E-state index in [1.165, 1.54) is 12.1 Å². The Bertz CT molecular complexity index is 955. The minimum absolute atomic E-state index is 0.0432. The quantitative estimate of drug-likeness (QED) is 0.532. The van der Waals surface area contributed by atoms with Gasteiger partial charge in [0.05, 0.1) is 11.0 Å². The van der Waals surface area contributed by atoms with Gasteiger partial charge in [-0.05, 0) is 110 Å². The van der Waals surface area contributed by atoms with E-state index in [4.69, 9.17) is 0 Å². The number of carbonyl (C=O) groups is 2. The number of rotatable bonds is 4. The molecule has 5 heteroatoms. The molecule has 7 unspecified atom stereocenters. The molecule has 4 rings (SSSR count). The van der Waals surface area contributed by atoms with Crippen molar-refractivity contribution in [2.75, 3.05) is 0 Å². The van der Waals surface area contributed by atoms with Gasteiger partial charge in [0.1, 0.15) is 5.75 Å².